The summed E-state index contributed by atoms with van der Waals surface area (Å²) in [6.45, 7) is 8.02. The van der Waals surface area contributed by atoms with Gasteiger partial charge in [-0.05, 0) is 37.6 Å². The van der Waals surface area contributed by atoms with Crippen molar-refractivity contribution in [3.05, 3.63) is 28.8 Å². The van der Waals surface area contributed by atoms with E-state index in [1.54, 1.807) is 0 Å². The van der Waals surface area contributed by atoms with Gasteiger partial charge in [0.05, 0.1) is 0 Å². The van der Waals surface area contributed by atoms with E-state index >= 15 is 0 Å². The van der Waals surface area contributed by atoms with Gasteiger partial charge in [-0.2, -0.15) is 0 Å². The molecule has 0 amide bonds. The zero-order chi connectivity index (χ0) is 12.7. The molecule has 96 valence electrons. The Balaban J connectivity index is 2.55. The lowest BCUT2D eigenvalue weighted by atomic mass is 10.2. The number of hydrogen-bond donors (Lipinski definition) is 1. The van der Waals surface area contributed by atoms with Gasteiger partial charge in [-0.1, -0.05) is 37.9 Å². The zero-order valence-corrected chi connectivity index (χ0v) is 11.7. The molecule has 0 aromatic heterocycles. The van der Waals surface area contributed by atoms with E-state index in [0.717, 1.165) is 35.7 Å². The molecule has 0 fully saturated rings. The maximum absolute atomic E-state index is 5.96. The van der Waals surface area contributed by atoms with Crippen molar-refractivity contribution in [1.82, 2.24) is 5.32 Å². The van der Waals surface area contributed by atoms with Crippen LogP contribution in [0.2, 0.25) is 5.02 Å². The summed E-state index contributed by atoms with van der Waals surface area (Å²) in [6, 6.07) is 6.17. The fourth-order valence-corrected chi connectivity index (χ4v) is 1.96. The maximum Gasteiger partial charge on any atom is 0.123 e. The van der Waals surface area contributed by atoms with Crippen LogP contribution in [0.1, 0.15) is 32.3 Å². The molecule has 1 aromatic rings. The first-order valence-corrected chi connectivity index (χ1v) is 6.67. The Bertz CT molecular complexity index is 335. The number of benzene rings is 1. The highest BCUT2D eigenvalue weighted by Gasteiger charge is 2.08. The summed E-state index contributed by atoms with van der Waals surface area (Å²) in [5.74, 6) is 0.886. The molecule has 1 atom stereocenters. The maximum atomic E-state index is 5.96. The van der Waals surface area contributed by atoms with Gasteiger partial charge in [0, 0.05) is 11.1 Å². The van der Waals surface area contributed by atoms with E-state index in [1.165, 1.54) is 0 Å². The van der Waals surface area contributed by atoms with Gasteiger partial charge in [0.25, 0.3) is 0 Å². The first kappa shape index (κ1) is 14.3. The highest BCUT2D eigenvalue weighted by molar-refractivity contribution is 6.30. The molecule has 3 heteroatoms. The lowest BCUT2D eigenvalue weighted by molar-refractivity contribution is 0.256. The lowest BCUT2D eigenvalue weighted by Crippen LogP contribution is -2.34. The van der Waals surface area contributed by atoms with Gasteiger partial charge in [-0.15, -0.1) is 0 Å². The van der Waals surface area contributed by atoms with Gasteiger partial charge < -0.3 is 10.1 Å². The number of hydrogen-bond acceptors (Lipinski definition) is 2. The molecule has 0 aliphatic heterocycles. The fourth-order valence-electron chi connectivity index (χ4n) is 1.80. The van der Waals surface area contributed by atoms with E-state index in [2.05, 4.69) is 19.2 Å². The second-order valence-corrected chi connectivity index (χ2v) is 4.70. The SMILES string of the molecule is CCCC(COc1cc(Cl)ccc1C)NCC. The van der Waals surface area contributed by atoms with E-state index in [0.29, 0.717) is 12.6 Å². The normalized spacial score (nSPS) is 12.5. The largest absolute Gasteiger partial charge is 0.492 e. The van der Waals surface area contributed by atoms with Crippen molar-refractivity contribution in [2.75, 3.05) is 13.2 Å². The number of ether oxygens (including phenoxy) is 1. The topological polar surface area (TPSA) is 21.3 Å². The van der Waals surface area contributed by atoms with Crippen molar-refractivity contribution in [3.8, 4) is 5.75 Å². The Morgan fingerprint density at radius 2 is 2.12 bits per heavy atom. The van der Waals surface area contributed by atoms with E-state index in [9.17, 15) is 0 Å². The standard InChI is InChI=1S/C14H22ClNO/c1-4-6-13(16-5-2)10-17-14-9-12(15)8-7-11(14)3/h7-9,13,16H,4-6,10H2,1-3H3. The molecule has 1 N–H and O–H groups in total. The second kappa shape index (κ2) is 7.57. The quantitative estimate of drug-likeness (QED) is 0.800. The molecule has 0 saturated heterocycles. The van der Waals surface area contributed by atoms with Gasteiger partial charge in [0.2, 0.25) is 0 Å². The summed E-state index contributed by atoms with van der Waals surface area (Å²) in [4.78, 5) is 0. The second-order valence-electron chi connectivity index (χ2n) is 4.26. The van der Waals surface area contributed by atoms with Crippen LogP contribution < -0.4 is 10.1 Å². The molecule has 17 heavy (non-hydrogen) atoms. The summed E-state index contributed by atoms with van der Waals surface area (Å²) in [5.41, 5.74) is 1.13. The Kier molecular flexibility index (Phi) is 6.38. The fraction of sp³-hybridized carbons (Fsp3) is 0.571. The Hall–Kier alpha value is -0.730. The average molecular weight is 256 g/mol. The van der Waals surface area contributed by atoms with Crippen LogP contribution in [0.3, 0.4) is 0 Å². The number of rotatable bonds is 7. The van der Waals surface area contributed by atoms with Gasteiger partial charge in [0.15, 0.2) is 0 Å². The van der Waals surface area contributed by atoms with E-state index in [1.807, 2.05) is 25.1 Å². The Morgan fingerprint density at radius 3 is 2.76 bits per heavy atom. The third-order valence-corrected chi connectivity index (χ3v) is 2.96. The van der Waals surface area contributed by atoms with Gasteiger partial charge in [-0.3, -0.25) is 0 Å². The van der Waals surface area contributed by atoms with Crippen LogP contribution in [0.5, 0.6) is 5.75 Å². The van der Waals surface area contributed by atoms with Crippen LogP contribution in [-0.4, -0.2) is 19.2 Å². The van der Waals surface area contributed by atoms with Crippen LogP contribution in [0, 0.1) is 6.92 Å². The monoisotopic (exact) mass is 255 g/mol. The van der Waals surface area contributed by atoms with Crippen LogP contribution in [0.25, 0.3) is 0 Å². The molecule has 0 saturated carbocycles. The number of nitrogens with one attached hydrogen (secondary N) is 1. The first-order valence-electron chi connectivity index (χ1n) is 6.29. The third-order valence-electron chi connectivity index (χ3n) is 2.72. The summed E-state index contributed by atoms with van der Waals surface area (Å²) < 4.78 is 5.84. The molecule has 0 radical (unpaired) electrons. The highest BCUT2D eigenvalue weighted by atomic mass is 35.5. The summed E-state index contributed by atoms with van der Waals surface area (Å²) in [6.07, 6.45) is 2.29. The predicted octanol–water partition coefficient (Wildman–Crippen LogP) is 3.81. The average Bonchev–Trinajstić information content (AvgIpc) is 2.30. The van der Waals surface area contributed by atoms with E-state index < -0.39 is 0 Å². The van der Waals surface area contributed by atoms with Crippen molar-refractivity contribution < 1.29 is 4.74 Å². The molecule has 0 spiro atoms. The number of halogens is 1. The van der Waals surface area contributed by atoms with Crippen LogP contribution in [0.15, 0.2) is 18.2 Å². The molecule has 0 bridgehead atoms. The van der Waals surface area contributed by atoms with Gasteiger partial charge in [0.1, 0.15) is 12.4 Å². The minimum Gasteiger partial charge on any atom is -0.492 e. The number of likely N-dealkylation sites (N-methyl/N-ethyl adjacent to an activating group) is 1. The molecule has 1 aromatic carbocycles. The summed E-state index contributed by atoms with van der Waals surface area (Å²) in [7, 11) is 0. The predicted molar refractivity (Wildman–Crippen MR) is 74.1 cm³/mol. The molecule has 0 aliphatic carbocycles. The van der Waals surface area contributed by atoms with Crippen molar-refractivity contribution in [1.29, 1.82) is 0 Å². The van der Waals surface area contributed by atoms with Crippen LogP contribution in [-0.2, 0) is 0 Å². The molecule has 1 unspecified atom stereocenters. The molecular formula is C14H22ClNO. The minimum atomic E-state index is 0.420. The molecule has 2 nitrogen and oxygen atoms in total. The molecular weight excluding hydrogens is 234 g/mol. The van der Waals surface area contributed by atoms with Crippen molar-refractivity contribution in [3.63, 3.8) is 0 Å². The van der Waals surface area contributed by atoms with Crippen molar-refractivity contribution in [2.45, 2.75) is 39.7 Å². The summed E-state index contributed by atoms with van der Waals surface area (Å²) in [5, 5.41) is 4.15. The lowest BCUT2D eigenvalue weighted by Gasteiger charge is -2.18. The number of aryl methyl sites for hydroxylation is 1. The van der Waals surface area contributed by atoms with Crippen molar-refractivity contribution in [2.24, 2.45) is 0 Å². The van der Waals surface area contributed by atoms with Crippen molar-refractivity contribution >= 4 is 11.6 Å². The Morgan fingerprint density at radius 1 is 1.35 bits per heavy atom. The first-order chi connectivity index (χ1) is 8.17. The van der Waals surface area contributed by atoms with Gasteiger partial charge >= 0.3 is 0 Å². The highest BCUT2D eigenvalue weighted by Crippen LogP contribution is 2.22. The Labute approximate surface area is 109 Å². The van der Waals surface area contributed by atoms with E-state index in [-0.39, 0.29) is 0 Å². The molecule has 0 heterocycles. The zero-order valence-electron chi connectivity index (χ0n) is 10.9. The van der Waals surface area contributed by atoms with E-state index in [4.69, 9.17) is 16.3 Å². The molecule has 1 rings (SSSR count). The third kappa shape index (κ3) is 4.97. The molecule has 0 aliphatic rings. The smallest absolute Gasteiger partial charge is 0.123 e. The minimum absolute atomic E-state index is 0.420. The van der Waals surface area contributed by atoms with Crippen LogP contribution in [0.4, 0.5) is 0 Å². The summed E-state index contributed by atoms with van der Waals surface area (Å²) >= 11 is 5.96. The van der Waals surface area contributed by atoms with Crippen LogP contribution >= 0.6 is 11.6 Å². The van der Waals surface area contributed by atoms with Gasteiger partial charge in [-0.25, -0.2) is 0 Å².